The largest absolute Gasteiger partial charge is 0.377 e. The highest BCUT2D eigenvalue weighted by atomic mass is 16.7. The topological polar surface area (TPSA) is 73.9 Å². The van der Waals surface area contributed by atoms with Crippen molar-refractivity contribution in [3.8, 4) is 0 Å². The van der Waals surface area contributed by atoms with Crippen LogP contribution in [-0.2, 0) is 14.2 Å². The zero-order valence-electron chi connectivity index (χ0n) is 11.2. The lowest BCUT2D eigenvalue weighted by molar-refractivity contribution is -0.151. The van der Waals surface area contributed by atoms with Crippen LogP contribution in [0.5, 0.6) is 0 Å². The van der Waals surface area contributed by atoms with Gasteiger partial charge in [-0.2, -0.15) is 0 Å². The van der Waals surface area contributed by atoms with Gasteiger partial charge in [0.15, 0.2) is 5.79 Å². The SMILES string of the molecule is CC(C)(N)O.CC1(C)OCC(C2CCCO2)O1. The lowest BCUT2D eigenvalue weighted by Crippen LogP contribution is -2.30. The highest BCUT2D eigenvalue weighted by Gasteiger charge is 2.38. The lowest BCUT2D eigenvalue weighted by Gasteiger charge is -2.20. The smallest absolute Gasteiger partial charge is 0.163 e. The fourth-order valence-corrected chi connectivity index (χ4v) is 1.79. The minimum atomic E-state index is -1.00. The van der Waals surface area contributed by atoms with Crippen LogP contribution < -0.4 is 5.73 Å². The summed E-state index contributed by atoms with van der Waals surface area (Å²) >= 11 is 0. The van der Waals surface area contributed by atoms with Gasteiger partial charge in [-0.05, 0) is 40.5 Å². The summed E-state index contributed by atoms with van der Waals surface area (Å²) in [6, 6.07) is 0. The third-order valence-electron chi connectivity index (χ3n) is 2.41. The fraction of sp³-hybridized carbons (Fsp3) is 1.00. The minimum absolute atomic E-state index is 0.155. The Morgan fingerprint density at radius 2 is 1.88 bits per heavy atom. The van der Waals surface area contributed by atoms with Crippen molar-refractivity contribution in [3.63, 3.8) is 0 Å². The number of rotatable bonds is 1. The predicted octanol–water partition coefficient (Wildman–Crippen LogP) is 0.990. The fourth-order valence-electron chi connectivity index (χ4n) is 1.79. The molecule has 0 saturated carbocycles. The number of nitrogens with two attached hydrogens (primary N) is 1. The van der Waals surface area contributed by atoms with E-state index in [4.69, 9.17) is 25.1 Å². The van der Waals surface area contributed by atoms with Gasteiger partial charge < -0.3 is 25.1 Å². The Balaban J connectivity index is 0.000000249. The van der Waals surface area contributed by atoms with Gasteiger partial charge in [0.1, 0.15) is 11.8 Å². The van der Waals surface area contributed by atoms with Gasteiger partial charge in [-0.1, -0.05) is 0 Å². The van der Waals surface area contributed by atoms with Crippen LogP contribution in [0.1, 0.15) is 40.5 Å². The summed E-state index contributed by atoms with van der Waals surface area (Å²) in [6.45, 7) is 8.49. The highest BCUT2D eigenvalue weighted by Crippen LogP contribution is 2.28. The van der Waals surface area contributed by atoms with Crippen molar-refractivity contribution >= 4 is 0 Å². The van der Waals surface area contributed by atoms with Crippen molar-refractivity contribution in [1.29, 1.82) is 0 Å². The van der Waals surface area contributed by atoms with Crippen molar-refractivity contribution in [2.45, 2.75) is 64.3 Å². The maximum Gasteiger partial charge on any atom is 0.163 e. The number of ether oxygens (including phenoxy) is 3. The summed E-state index contributed by atoms with van der Waals surface area (Å²) in [7, 11) is 0. The van der Waals surface area contributed by atoms with Gasteiger partial charge in [0.2, 0.25) is 0 Å². The first-order valence-electron chi connectivity index (χ1n) is 6.12. The zero-order valence-corrected chi connectivity index (χ0v) is 11.2. The molecule has 0 spiro atoms. The molecule has 2 saturated heterocycles. The van der Waals surface area contributed by atoms with Crippen molar-refractivity contribution < 1.29 is 19.3 Å². The van der Waals surface area contributed by atoms with Gasteiger partial charge in [0.05, 0.1) is 12.7 Å². The first-order valence-corrected chi connectivity index (χ1v) is 6.12. The Kier molecular flexibility index (Phi) is 4.92. The van der Waals surface area contributed by atoms with Gasteiger partial charge in [-0.15, -0.1) is 0 Å². The first kappa shape index (κ1) is 14.9. The molecular formula is C12H25NO4. The Morgan fingerprint density at radius 3 is 2.24 bits per heavy atom. The second kappa shape index (κ2) is 5.63. The Labute approximate surface area is 103 Å². The molecule has 0 aliphatic carbocycles. The minimum Gasteiger partial charge on any atom is -0.377 e. The molecule has 0 aromatic carbocycles. The van der Waals surface area contributed by atoms with Gasteiger partial charge in [0, 0.05) is 6.61 Å². The molecule has 102 valence electrons. The summed E-state index contributed by atoms with van der Waals surface area (Å²) < 4.78 is 16.7. The number of hydrogen-bond acceptors (Lipinski definition) is 5. The van der Waals surface area contributed by atoms with Crippen LogP contribution in [0.3, 0.4) is 0 Å². The maximum absolute atomic E-state index is 8.30. The number of aliphatic hydroxyl groups is 1. The van der Waals surface area contributed by atoms with Gasteiger partial charge >= 0.3 is 0 Å². The molecular weight excluding hydrogens is 222 g/mol. The lowest BCUT2D eigenvalue weighted by atomic mass is 10.1. The van der Waals surface area contributed by atoms with E-state index in [1.165, 1.54) is 13.8 Å². The van der Waals surface area contributed by atoms with Crippen LogP contribution in [0.2, 0.25) is 0 Å². The van der Waals surface area contributed by atoms with Crippen LogP contribution in [0, 0.1) is 0 Å². The summed E-state index contributed by atoms with van der Waals surface area (Å²) in [5.74, 6) is -0.406. The van der Waals surface area contributed by atoms with Crippen LogP contribution >= 0.6 is 0 Å². The maximum atomic E-state index is 8.30. The van der Waals surface area contributed by atoms with E-state index in [1.54, 1.807) is 0 Å². The second-order valence-electron chi connectivity index (χ2n) is 5.57. The zero-order chi connectivity index (χ0) is 13.1. The average Bonchev–Trinajstić information content (AvgIpc) is 2.69. The monoisotopic (exact) mass is 247 g/mol. The average molecular weight is 247 g/mol. The van der Waals surface area contributed by atoms with Crippen LogP contribution in [0.25, 0.3) is 0 Å². The molecule has 2 fully saturated rings. The summed E-state index contributed by atoms with van der Waals surface area (Å²) in [5, 5.41) is 8.30. The van der Waals surface area contributed by atoms with Crippen LogP contribution in [0.4, 0.5) is 0 Å². The van der Waals surface area contributed by atoms with Crippen molar-refractivity contribution in [3.05, 3.63) is 0 Å². The molecule has 0 bridgehead atoms. The molecule has 2 aliphatic rings. The van der Waals surface area contributed by atoms with Crippen LogP contribution in [-0.4, -0.2) is 42.0 Å². The molecule has 0 aromatic rings. The van der Waals surface area contributed by atoms with Crippen molar-refractivity contribution in [1.82, 2.24) is 0 Å². The first-order chi connectivity index (χ1) is 7.67. The number of hydrogen-bond donors (Lipinski definition) is 2. The van der Waals surface area contributed by atoms with E-state index in [9.17, 15) is 0 Å². The quantitative estimate of drug-likeness (QED) is 0.676. The second-order valence-corrected chi connectivity index (χ2v) is 5.57. The molecule has 5 nitrogen and oxygen atoms in total. The standard InChI is InChI=1S/C9H16O3.C3H9NO/c1-9(2)11-6-8(12-9)7-4-3-5-10-7;1-3(2,4)5/h7-8H,3-6H2,1-2H3;5H,4H2,1-2H3. The molecule has 2 heterocycles. The van der Waals surface area contributed by atoms with Gasteiger partial charge in [-0.25, -0.2) is 0 Å². The molecule has 2 aliphatic heterocycles. The van der Waals surface area contributed by atoms with Crippen LogP contribution in [0.15, 0.2) is 0 Å². The third kappa shape index (κ3) is 6.33. The van der Waals surface area contributed by atoms with E-state index in [2.05, 4.69) is 0 Å². The predicted molar refractivity (Wildman–Crippen MR) is 64.4 cm³/mol. The molecule has 2 rings (SSSR count). The van der Waals surface area contributed by atoms with Crippen molar-refractivity contribution in [2.24, 2.45) is 5.73 Å². The molecule has 0 aromatic heterocycles. The van der Waals surface area contributed by atoms with E-state index in [-0.39, 0.29) is 12.2 Å². The van der Waals surface area contributed by atoms with Gasteiger partial charge in [0.25, 0.3) is 0 Å². The molecule has 2 unspecified atom stereocenters. The van der Waals surface area contributed by atoms with E-state index >= 15 is 0 Å². The molecule has 0 amide bonds. The third-order valence-corrected chi connectivity index (χ3v) is 2.41. The Morgan fingerprint density at radius 1 is 1.29 bits per heavy atom. The summed E-state index contributed by atoms with van der Waals surface area (Å²) in [5.41, 5.74) is 3.91. The highest BCUT2D eigenvalue weighted by molar-refractivity contribution is 4.81. The van der Waals surface area contributed by atoms with E-state index in [1.807, 2.05) is 13.8 Å². The van der Waals surface area contributed by atoms with Gasteiger partial charge in [-0.3, -0.25) is 0 Å². The van der Waals surface area contributed by atoms with E-state index in [0.29, 0.717) is 6.61 Å². The Hall–Kier alpha value is -0.200. The van der Waals surface area contributed by atoms with E-state index < -0.39 is 11.5 Å². The molecule has 17 heavy (non-hydrogen) atoms. The van der Waals surface area contributed by atoms with E-state index in [0.717, 1.165) is 19.4 Å². The molecule has 0 radical (unpaired) electrons. The summed E-state index contributed by atoms with van der Waals surface area (Å²) in [4.78, 5) is 0. The van der Waals surface area contributed by atoms with Crippen molar-refractivity contribution in [2.75, 3.05) is 13.2 Å². The summed E-state index contributed by atoms with van der Waals surface area (Å²) in [6.07, 6.45) is 2.70. The molecule has 5 heteroatoms. The molecule has 3 N–H and O–H groups in total. The Bertz CT molecular complexity index is 225. The normalized spacial score (nSPS) is 32.1. The molecule has 2 atom stereocenters.